The van der Waals surface area contributed by atoms with Gasteiger partial charge in [0.2, 0.25) is 0 Å². The molecule has 4 heterocycles. The van der Waals surface area contributed by atoms with Crippen LogP contribution in [0, 0.1) is 0 Å². The van der Waals surface area contributed by atoms with Crippen molar-refractivity contribution in [2.45, 2.75) is 12.5 Å². The van der Waals surface area contributed by atoms with Crippen LogP contribution >= 0.6 is 13.5 Å². The second kappa shape index (κ2) is 10.9. The number of aromatic nitrogens is 3. The van der Waals surface area contributed by atoms with Gasteiger partial charge in [0, 0.05) is 63.0 Å². The Morgan fingerprint density at radius 2 is 1.94 bits per heavy atom. The van der Waals surface area contributed by atoms with Crippen molar-refractivity contribution < 1.29 is 9.47 Å². The van der Waals surface area contributed by atoms with E-state index in [2.05, 4.69) is 49.8 Å². The minimum Gasteiger partial charge on any atom is -0.380 e. The van der Waals surface area contributed by atoms with E-state index in [0.717, 1.165) is 80.5 Å². The van der Waals surface area contributed by atoms with Gasteiger partial charge in [-0.25, -0.2) is 9.97 Å². The number of benzene rings is 1. The van der Waals surface area contributed by atoms with Crippen molar-refractivity contribution in [3.8, 4) is 11.3 Å². The van der Waals surface area contributed by atoms with E-state index in [-0.39, 0.29) is 19.6 Å². The lowest BCUT2D eigenvalue weighted by Gasteiger charge is -2.24. The molecule has 0 saturated carbocycles. The molecule has 2 aliphatic heterocycles. The third kappa shape index (κ3) is 5.29. The highest BCUT2D eigenvalue weighted by Crippen LogP contribution is 2.27. The minimum absolute atomic E-state index is 0. The fourth-order valence-corrected chi connectivity index (χ4v) is 4.05. The molecule has 0 radical (unpaired) electrons. The van der Waals surface area contributed by atoms with Crippen LogP contribution in [0.25, 0.3) is 22.3 Å². The largest absolute Gasteiger partial charge is 0.380 e. The summed E-state index contributed by atoms with van der Waals surface area (Å²) >= 11 is 0. The van der Waals surface area contributed by atoms with E-state index >= 15 is 0 Å². The van der Waals surface area contributed by atoms with Crippen molar-refractivity contribution in [1.82, 2.24) is 20.3 Å². The number of ether oxygens (including phenoxy) is 2. The van der Waals surface area contributed by atoms with Crippen molar-refractivity contribution in [2.75, 3.05) is 62.8 Å². The van der Waals surface area contributed by atoms with Gasteiger partial charge in [-0.15, -0.1) is 0 Å². The predicted molar refractivity (Wildman–Crippen MR) is 132 cm³/mol. The third-order valence-corrected chi connectivity index (χ3v) is 5.71. The summed E-state index contributed by atoms with van der Waals surface area (Å²) in [5, 5.41) is 6.79. The number of nitrogens with zero attached hydrogens (tertiary/aromatic N) is 4. The number of anilines is 2. The first-order chi connectivity index (χ1) is 15.4. The van der Waals surface area contributed by atoms with Crippen LogP contribution in [0.3, 0.4) is 0 Å². The zero-order valence-electron chi connectivity index (χ0n) is 18.1. The Hall–Kier alpha value is -2.46. The second-order valence-corrected chi connectivity index (χ2v) is 7.86. The van der Waals surface area contributed by atoms with Crippen LogP contribution in [0.15, 0.2) is 42.7 Å². The number of pyridine rings is 1. The molecule has 0 amide bonds. The van der Waals surface area contributed by atoms with Crippen LogP contribution < -0.4 is 15.5 Å². The van der Waals surface area contributed by atoms with Crippen molar-refractivity contribution in [3.63, 3.8) is 0 Å². The molecule has 1 aromatic carbocycles. The van der Waals surface area contributed by atoms with E-state index in [0.29, 0.717) is 6.54 Å². The number of morpholine rings is 1. The molecule has 0 bridgehead atoms. The molecule has 5 rings (SSSR count). The number of fused-ring (bicyclic) bond motifs is 1. The lowest BCUT2D eigenvalue weighted by molar-refractivity contribution is 0.0372. The summed E-state index contributed by atoms with van der Waals surface area (Å²) < 4.78 is 11.4. The highest BCUT2D eigenvalue weighted by atomic mass is 32.1. The van der Waals surface area contributed by atoms with Gasteiger partial charge < -0.3 is 25.0 Å². The molecular weight excluding hydrogens is 424 g/mol. The Balaban J connectivity index is 0.00000245. The molecule has 9 heteroatoms. The quantitative estimate of drug-likeness (QED) is 0.608. The molecule has 0 unspecified atom stereocenters. The maximum atomic E-state index is 5.80. The first-order valence-electron chi connectivity index (χ1n) is 11.0. The van der Waals surface area contributed by atoms with E-state index in [1.807, 2.05) is 6.07 Å². The van der Waals surface area contributed by atoms with E-state index in [9.17, 15) is 0 Å². The summed E-state index contributed by atoms with van der Waals surface area (Å²) in [4.78, 5) is 16.3. The third-order valence-electron chi connectivity index (χ3n) is 5.71. The number of hydrogen-bond acceptors (Lipinski definition) is 8. The van der Waals surface area contributed by atoms with E-state index < -0.39 is 0 Å². The van der Waals surface area contributed by atoms with Crippen LogP contribution in [0.1, 0.15) is 6.42 Å². The summed E-state index contributed by atoms with van der Waals surface area (Å²) in [5.41, 5.74) is 4.75. The monoisotopic (exact) mass is 454 g/mol. The van der Waals surface area contributed by atoms with Crippen LogP contribution in [0.5, 0.6) is 0 Å². The van der Waals surface area contributed by atoms with Crippen LogP contribution in [0.4, 0.5) is 11.5 Å². The van der Waals surface area contributed by atoms with E-state index in [1.165, 1.54) is 5.69 Å². The number of rotatable bonds is 5. The van der Waals surface area contributed by atoms with Gasteiger partial charge in [0.1, 0.15) is 5.52 Å². The van der Waals surface area contributed by atoms with E-state index in [1.54, 1.807) is 12.4 Å². The molecule has 0 aliphatic carbocycles. The Kier molecular flexibility index (Phi) is 7.75. The molecule has 8 nitrogen and oxygen atoms in total. The molecule has 3 aromatic rings. The number of hydrogen-bond donors (Lipinski definition) is 2. The lowest BCUT2D eigenvalue weighted by atomic mass is 10.1. The lowest BCUT2D eigenvalue weighted by Crippen LogP contribution is -2.42. The molecule has 170 valence electrons. The fraction of sp³-hybridized carbons (Fsp3) is 0.435. The molecule has 2 aliphatic rings. The predicted octanol–water partition coefficient (Wildman–Crippen LogP) is 2.43. The zero-order chi connectivity index (χ0) is 20.9. The van der Waals surface area contributed by atoms with Gasteiger partial charge in [-0.05, 0) is 24.6 Å². The van der Waals surface area contributed by atoms with Gasteiger partial charge in [-0.2, -0.15) is 13.5 Å². The smallest absolute Gasteiger partial charge is 0.154 e. The molecule has 2 saturated heterocycles. The van der Waals surface area contributed by atoms with Gasteiger partial charge in [0.05, 0.1) is 30.5 Å². The van der Waals surface area contributed by atoms with Crippen molar-refractivity contribution in [3.05, 3.63) is 42.7 Å². The summed E-state index contributed by atoms with van der Waals surface area (Å²) in [7, 11) is 0. The van der Waals surface area contributed by atoms with Gasteiger partial charge >= 0.3 is 0 Å². The van der Waals surface area contributed by atoms with Gasteiger partial charge in [-0.1, -0.05) is 12.1 Å². The van der Waals surface area contributed by atoms with E-state index in [4.69, 9.17) is 14.5 Å². The Morgan fingerprint density at radius 1 is 1.06 bits per heavy atom. The second-order valence-electron chi connectivity index (χ2n) is 7.86. The summed E-state index contributed by atoms with van der Waals surface area (Å²) in [5.74, 6) is 0.739. The summed E-state index contributed by atoms with van der Waals surface area (Å²) in [6, 6.07) is 10.6. The zero-order valence-corrected chi connectivity index (χ0v) is 19.1. The molecule has 0 spiro atoms. The topological polar surface area (TPSA) is 84.4 Å². The normalized spacial score (nSPS) is 19.2. The minimum atomic E-state index is 0. The highest BCUT2D eigenvalue weighted by Gasteiger charge is 2.16. The molecule has 2 aromatic heterocycles. The van der Waals surface area contributed by atoms with Gasteiger partial charge in [0.15, 0.2) is 5.82 Å². The average Bonchev–Trinajstić information content (AvgIpc) is 3.13. The first kappa shape index (κ1) is 22.7. The first-order valence-corrected chi connectivity index (χ1v) is 11.0. The van der Waals surface area contributed by atoms with Crippen LogP contribution in [-0.2, 0) is 9.47 Å². The molecule has 32 heavy (non-hydrogen) atoms. The van der Waals surface area contributed by atoms with Gasteiger partial charge in [-0.3, -0.25) is 4.98 Å². The molecule has 1 atom stereocenters. The standard InChI is InChI=1S/C23H28N6O2.H2S/c1-9-29(10-13-30-11-1)18-4-2-17(3-5-18)20-14-21-22(26-7-6-25-21)23(28-20)27-16-19-15-24-8-12-31-19;/h2-7,14,19,24H,1,8-13,15-16H2,(H,27,28);1H2/t19-;/m0./s1. The number of nitrogens with one attached hydrogen (secondary N) is 2. The fourth-order valence-electron chi connectivity index (χ4n) is 4.05. The van der Waals surface area contributed by atoms with Crippen LogP contribution in [-0.4, -0.2) is 73.6 Å². The molecule has 2 fully saturated rings. The average molecular weight is 455 g/mol. The summed E-state index contributed by atoms with van der Waals surface area (Å²) in [6.45, 7) is 6.71. The molecular formula is C23H30N6O2S. The van der Waals surface area contributed by atoms with Crippen molar-refractivity contribution in [2.24, 2.45) is 0 Å². The van der Waals surface area contributed by atoms with Crippen LogP contribution in [0.2, 0.25) is 0 Å². The SMILES string of the molecule is S.c1cnc2c(NC[C@@H]3CNCCO3)nc(-c3ccc(N4CCCOCC4)cc3)cc2n1. The summed E-state index contributed by atoms with van der Waals surface area (Å²) in [6.07, 6.45) is 4.59. The van der Waals surface area contributed by atoms with Crippen molar-refractivity contribution in [1.29, 1.82) is 0 Å². The Labute approximate surface area is 195 Å². The van der Waals surface area contributed by atoms with Crippen molar-refractivity contribution >= 4 is 36.0 Å². The maximum absolute atomic E-state index is 5.80. The van der Waals surface area contributed by atoms with Gasteiger partial charge in [0.25, 0.3) is 0 Å². The Morgan fingerprint density at radius 3 is 2.78 bits per heavy atom. The Bertz CT molecular complexity index is 1010. The molecule has 2 N–H and O–H groups in total. The highest BCUT2D eigenvalue weighted by molar-refractivity contribution is 7.59. The maximum Gasteiger partial charge on any atom is 0.154 e.